The molecule has 7 nitrogen and oxygen atoms in total. The summed E-state index contributed by atoms with van der Waals surface area (Å²) in [5.41, 5.74) is 1.23. The van der Waals surface area contributed by atoms with Crippen LogP contribution < -0.4 is 14.8 Å². The monoisotopic (exact) mass is 323 g/mol. The number of aromatic nitrogens is 2. The molecule has 3 rings (SSSR count). The summed E-state index contributed by atoms with van der Waals surface area (Å²) in [6, 6.07) is 4.65. The molecule has 1 aromatic heterocycles. The summed E-state index contributed by atoms with van der Waals surface area (Å²) in [5, 5.41) is 12.0. The molecule has 2 heterocycles. The van der Waals surface area contributed by atoms with Crippen molar-refractivity contribution in [3.05, 3.63) is 23.4 Å². The molecule has 116 valence electrons. The van der Waals surface area contributed by atoms with Crippen molar-refractivity contribution in [2.75, 3.05) is 13.7 Å². The lowest BCUT2D eigenvalue weighted by atomic mass is 10.2. The molecule has 0 spiro atoms. The standard InChI is InChI=1S/C14H14ClN3O4/c1-21-7-2-3-9-10(4-7)18-13(12(15)17-9)22-8-5-11(14(19)20)16-6-8/h2-4,8,11,16H,5-6H2,1H3,(H,19,20). The second-order valence-corrected chi connectivity index (χ2v) is 5.31. The minimum atomic E-state index is -0.897. The van der Waals surface area contributed by atoms with Gasteiger partial charge in [-0.25, -0.2) is 9.97 Å². The molecule has 2 atom stereocenters. The van der Waals surface area contributed by atoms with Crippen LogP contribution in [0.5, 0.6) is 11.6 Å². The lowest BCUT2D eigenvalue weighted by Crippen LogP contribution is -2.30. The van der Waals surface area contributed by atoms with Gasteiger partial charge in [-0.15, -0.1) is 0 Å². The largest absolute Gasteiger partial charge is 0.497 e. The number of nitrogens with zero attached hydrogens (tertiary/aromatic N) is 2. The quantitative estimate of drug-likeness (QED) is 0.880. The highest BCUT2D eigenvalue weighted by Crippen LogP contribution is 2.27. The van der Waals surface area contributed by atoms with E-state index in [-0.39, 0.29) is 17.1 Å². The maximum atomic E-state index is 10.9. The fourth-order valence-corrected chi connectivity index (χ4v) is 2.52. The first kappa shape index (κ1) is 14.8. The second-order valence-electron chi connectivity index (χ2n) is 4.95. The molecule has 1 saturated heterocycles. The van der Waals surface area contributed by atoms with E-state index >= 15 is 0 Å². The first-order valence-corrected chi connectivity index (χ1v) is 7.08. The normalized spacial score (nSPS) is 21.0. The number of benzene rings is 1. The zero-order chi connectivity index (χ0) is 15.7. The number of fused-ring (bicyclic) bond motifs is 1. The topological polar surface area (TPSA) is 93.6 Å². The van der Waals surface area contributed by atoms with E-state index < -0.39 is 12.0 Å². The molecular formula is C14H14ClN3O4. The molecule has 1 aliphatic rings. The first-order chi connectivity index (χ1) is 10.6. The second kappa shape index (κ2) is 5.94. The molecule has 22 heavy (non-hydrogen) atoms. The third kappa shape index (κ3) is 2.90. The molecule has 1 aromatic carbocycles. The summed E-state index contributed by atoms with van der Waals surface area (Å²) in [4.78, 5) is 19.5. The summed E-state index contributed by atoms with van der Waals surface area (Å²) in [5.74, 6) is -0.0460. The smallest absolute Gasteiger partial charge is 0.320 e. The number of hydrogen-bond acceptors (Lipinski definition) is 6. The molecule has 1 aliphatic heterocycles. The van der Waals surface area contributed by atoms with Gasteiger partial charge in [0.2, 0.25) is 0 Å². The number of halogens is 1. The van der Waals surface area contributed by atoms with Crippen molar-refractivity contribution in [1.82, 2.24) is 15.3 Å². The van der Waals surface area contributed by atoms with Crippen molar-refractivity contribution in [2.45, 2.75) is 18.6 Å². The lowest BCUT2D eigenvalue weighted by Gasteiger charge is -2.13. The highest BCUT2D eigenvalue weighted by Gasteiger charge is 2.31. The zero-order valence-corrected chi connectivity index (χ0v) is 12.5. The summed E-state index contributed by atoms with van der Waals surface area (Å²) >= 11 is 6.09. The number of carbonyl (C=O) groups is 1. The van der Waals surface area contributed by atoms with Crippen molar-refractivity contribution < 1.29 is 19.4 Å². The highest BCUT2D eigenvalue weighted by molar-refractivity contribution is 6.31. The number of hydrogen-bond donors (Lipinski definition) is 2. The molecular weight excluding hydrogens is 310 g/mol. The Kier molecular flexibility index (Phi) is 4.00. The minimum Gasteiger partial charge on any atom is -0.497 e. The van der Waals surface area contributed by atoms with Crippen LogP contribution in [0.4, 0.5) is 0 Å². The Labute approximate surface area is 131 Å². The van der Waals surface area contributed by atoms with E-state index in [2.05, 4.69) is 15.3 Å². The van der Waals surface area contributed by atoms with Crippen LogP contribution in [0.3, 0.4) is 0 Å². The number of carboxylic acids is 1. The number of rotatable bonds is 4. The van der Waals surface area contributed by atoms with E-state index in [0.717, 1.165) is 0 Å². The van der Waals surface area contributed by atoms with Crippen molar-refractivity contribution >= 4 is 28.6 Å². The van der Waals surface area contributed by atoms with E-state index in [0.29, 0.717) is 29.7 Å². The summed E-state index contributed by atoms with van der Waals surface area (Å²) in [6.07, 6.45) is 0.0414. The fraction of sp³-hybridized carbons (Fsp3) is 0.357. The predicted octanol–water partition coefficient (Wildman–Crippen LogP) is 1.49. The average Bonchev–Trinajstić information content (AvgIpc) is 2.96. The van der Waals surface area contributed by atoms with E-state index in [9.17, 15) is 4.79 Å². The maximum Gasteiger partial charge on any atom is 0.320 e. The Morgan fingerprint density at radius 3 is 2.91 bits per heavy atom. The third-order valence-corrected chi connectivity index (χ3v) is 3.71. The summed E-state index contributed by atoms with van der Waals surface area (Å²) in [6.45, 7) is 0.422. The lowest BCUT2D eigenvalue weighted by molar-refractivity contribution is -0.139. The number of ether oxygens (including phenoxy) is 2. The van der Waals surface area contributed by atoms with Crippen LogP contribution in [0.25, 0.3) is 11.0 Å². The zero-order valence-electron chi connectivity index (χ0n) is 11.7. The van der Waals surface area contributed by atoms with Gasteiger partial charge in [0.05, 0.1) is 18.1 Å². The molecule has 2 unspecified atom stereocenters. The van der Waals surface area contributed by atoms with Crippen molar-refractivity contribution in [1.29, 1.82) is 0 Å². The van der Waals surface area contributed by atoms with Gasteiger partial charge in [-0.1, -0.05) is 11.6 Å². The van der Waals surface area contributed by atoms with Gasteiger partial charge in [0, 0.05) is 19.0 Å². The van der Waals surface area contributed by atoms with E-state index in [1.165, 1.54) is 0 Å². The first-order valence-electron chi connectivity index (χ1n) is 6.71. The minimum absolute atomic E-state index is 0.149. The Bertz CT molecular complexity index is 725. The van der Waals surface area contributed by atoms with Crippen molar-refractivity contribution in [2.24, 2.45) is 0 Å². The van der Waals surface area contributed by atoms with Gasteiger partial charge in [-0.05, 0) is 12.1 Å². The SMILES string of the molecule is COc1ccc2nc(Cl)c(OC3CNC(C(=O)O)C3)nc2c1. The van der Waals surface area contributed by atoms with E-state index in [1.54, 1.807) is 25.3 Å². The van der Waals surface area contributed by atoms with Crippen LogP contribution in [0, 0.1) is 0 Å². The Hall–Kier alpha value is -2.12. The van der Waals surface area contributed by atoms with Crippen LogP contribution in [0.2, 0.25) is 5.15 Å². The third-order valence-electron chi connectivity index (χ3n) is 3.47. The predicted molar refractivity (Wildman–Crippen MR) is 79.6 cm³/mol. The van der Waals surface area contributed by atoms with E-state index in [1.807, 2.05) is 0 Å². The van der Waals surface area contributed by atoms with Gasteiger partial charge in [0.25, 0.3) is 5.88 Å². The molecule has 0 amide bonds. The molecule has 2 N–H and O–H groups in total. The number of aliphatic carboxylic acids is 1. The Balaban J connectivity index is 1.84. The number of carboxylic acid groups (broad SMARTS) is 1. The molecule has 1 fully saturated rings. The van der Waals surface area contributed by atoms with Crippen LogP contribution in [-0.4, -0.2) is 46.8 Å². The molecule has 0 aliphatic carbocycles. The van der Waals surface area contributed by atoms with Gasteiger partial charge < -0.3 is 19.9 Å². The van der Waals surface area contributed by atoms with Crippen LogP contribution in [0.1, 0.15) is 6.42 Å². The number of nitrogens with one attached hydrogen (secondary N) is 1. The molecule has 0 bridgehead atoms. The van der Waals surface area contributed by atoms with Gasteiger partial charge in [0.1, 0.15) is 17.9 Å². The highest BCUT2D eigenvalue weighted by atomic mass is 35.5. The Morgan fingerprint density at radius 1 is 1.41 bits per heavy atom. The van der Waals surface area contributed by atoms with Gasteiger partial charge in [-0.2, -0.15) is 0 Å². The Morgan fingerprint density at radius 2 is 2.23 bits per heavy atom. The molecule has 0 saturated carbocycles. The molecule has 8 heteroatoms. The fourth-order valence-electron chi connectivity index (χ4n) is 2.34. The maximum absolute atomic E-state index is 10.9. The van der Waals surface area contributed by atoms with Gasteiger partial charge in [-0.3, -0.25) is 4.79 Å². The van der Waals surface area contributed by atoms with E-state index in [4.69, 9.17) is 26.2 Å². The van der Waals surface area contributed by atoms with Crippen LogP contribution in [-0.2, 0) is 4.79 Å². The summed E-state index contributed by atoms with van der Waals surface area (Å²) in [7, 11) is 1.57. The average molecular weight is 324 g/mol. The van der Waals surface area contributed by atoms with Gasteiger partial charge >= 0.3 is 5.97 Å². The van der Waals surface area contributed by atoms with Crippen molar-refractivity contribution in [3.8, 4) is 11.6 Å². The van der Waals surface area contributed by atoms with Gasteiger partial charge in [0.15, 0.2) is 5.15 Å². The summed E-state index contributed by atoms with van der Waals surface area (Å²) < 4.78 is 10.8. The molecule has 2 aromatic rings. The van der Waals surface area contributed by atoms with Crippen molar-refractivity contribution in [3.63, 3.8) is 0 Å². The number of methoxy groups -OCH3 is 1. The van der Waals surface area contributed by atoms with Crippen LogP contribution in [0.15, 0.2) is 18.2 Å². The molecule has 0 radical (unpaired) electrons. The van der Waals surface area contributed by atoms with Crippen LogP contribution >= 0.6 is 11.6 Å².